The highest BCUT2D eigenvalue weighted by molar-refractivity contribution is 5.98. The van der Waals surface area contributed by atoms with Gasteiger partial charge in [0.05, 0.1) is 18.3 Å². The smallest absolute Gasteiger partial charge is 0.270 e. The number of hydrogen-bond acceptors (Lipinski definition) is 5. The van der Waals surface area contributed by atoms with Crippen molar-refractivity contribution in [2.45, 2.75) is 32.4 Å². The van der Waals surface area contributed by atoms with Crippen molar-refractivity contribution in [3.8, 4) is 0 Å². The maximum Gasteiger partial charge on any atom is 0.270 e. The van der Waals surface area contributed by atoms with Crippen molar-refractivity contribution in [1.29, 1.82) is 0 Å². The quantitative estimate of drug-likeness (QED) is 0.662. The fraction of sp³-hybridized carbons (Fsp3) is 0.391. The van der Waals surface area contributed by atoms with Crippen LogP contribution in [0.4, 0.5) is 10.2 Å². The van der Waals surface area contributed by atoms with Gasteiger partial charge >= 0.3 is 0 Å². The van der Waals surface area contributed by atoms with Crippen LogP contribution in [0.15, 0.2) is 30.3 Å². The first-order chi connectivity index (χ1) is 15.2. The minimum atomic E-state index is -0.341. The number of nitrogens with one attached hydrogen (secondary N) is 1. The molecule has 0 bridgehead atoms. The van der Waals surface area contributed by atoms with Crippen molar-refractivity contribution in [2.24, 2.45) is 0 Å². The first kappa shape index (κ1) is 21.7. The summed E-state index contributed by atoms with van der Waals surface area (Å²) in [6.45, 7) is 2.46. The first-order valence-electron chi connectivity index (χ1n) is 10.6. The summed E-state index contributed by atoms with van der Waals surface area (Å²) in [5.74, 6) is 0.736. The van der Waals surface area contributed by atoms with Gasteiger partial charge in [-0.05, 0) is 37.1 Å². The molecule has 3 aromatic rings. The number of amides is 2. The Kier molecular flexibility index (Phi) is 5.82. The topological polar surface area (TPSA) is 85.4 Å². The molecule has 1 aliphatic rings. The van der Waals surface area contributed by atoms with E-state index in [1.807, 2.05) is 25.1 Å². The fourth-order valence-corrected chi connectivity index (χ4v) is 3.97. The highest BCUT2D eigenvalue weighted by Gasteiger charge is 2.34. The van der Waals surface area contributed by atoms with E-state index in [-0.39, 0.29) is 23.7 Å². The lowest BCUT2D eigenvalue weighted by Gasteiger charge is -2.25. The van der Waals surface area contributed by atoms with E-state index in [2.05, 4.69) is 4.98 Å². The number of likely N-dealkylation sites (tertiary alicyclic amines) is 1. The van der Waals surface area contributed by atoms with Gasteiger partial charge in [-0.3, -0.25) is 9.59 Å². The van der Waals surface area contributed by atoms with Crippen molar-refractivity contribution < 1.29 is 14.0 Å². The molecule has 0 saturated carbocycles. The molecular weight excluding hydrogens is 411 g/mol. The predicted molar refractivity (Wildman–Crippen MR) is 120 cm³/mol. The van der Waals surface area contributed by atoms with E-state index in [4.69, 9.17) is 9.97 Å². The summed E-state index contributed by atoms with van der Waals surface area (Å²) in [6.07, 6.45) is 1.59. The average Bonchev–Trinajstić information content (AvgIpc) is 3.39. The molecule has 1 atom stereocenters. The zero-order valence-corrected chi connectivity index (χ0v) is 18.7. The summed E-state index contributed by atoms with van der Waals surface area (Å²) in [6, 6.07) is 7.67. The highest BCUT2D eigenvalue weighted by atomic mass is 19.1. The van der Waals surface area contributed by atoms with Crippen LogP contribution >= 0.6 is 0 Å². The molecule has 1 N–H and O–H groups in total. The van der Waals surface area contributed by atoms with Gasteiger partial charge in [0, 0.05) is 51.6 Å². The standard InChI is InChI=1S/C23H27FN6O2/c1-14(31)29(4)13-17-12-21(28(2)3)27-22(25-17)20-6-5-9-30(20)23(32)19-11-15-10-16(24)7-8-18(15)26-19/h7-8,10-12,20,26H,5-6,9,13H2,1-4H3. The van der Waals surface area contributed by atoms with Gasteiger partial charge in [0.25, 0.3) is 5.91 Å². The molecule has 8 nitrogen and oxygen atoms in total. The van der Waals surface area contributed by atoms with Crippen molar-refractivity contribution in [1.82, 2.24) is 24.8 Å². The number of halogens is 1. The predicted octanol–water partition coefficient (Wildman–Crippen LogP) is 3.12. The van der Waals surface area contributed by atoms with E-state index in [0.29, 0.717) is 35.5 Å². The third-order valence-corrected chi connectivity index (χ3v) is 5.80. The molecule has 9 heteroatoms. The first-order valence-corrected chi connectivity index (χ1v) is 10.6. The fourth-order valence-electron chi connectivity index (χ4n) is 3.97. The molecule has 0 aliphatic carbocycles. The molecule has 1 fully saturated rings. The molecule has 168 valence electrons. The number of carbonyl (C=O) groups excluding carboxylic acids is 2. The summed E-state index contributed by atoms with van der Waals surface area (Å²) >= 11 is 0. The van der Waals surface area contributed by atoms with Gasteiger partial charge in [0.15, 0.2) is 5.82 Å². The molecule has 2 amide bonds. The minimum Gasteiger partial charge on any atom is -0.363 e. The SMILES string of the molecule is CC(=O)N(C)Cc1cc(N(C)C)nc(C2CCCN2C(=O)c2cc3cc(F)ccc3[nH]2)n1. The largest absolute Gasteiger partial charge is 0.363 e. The summed E-state index contributed by atoms with van der Waals surface area (Å²) in [4.78, 5) is 42.8. The van der Waals surface area contributed by atoms with Gasteiger partial charge in [-0.25, -0.2) is 14.4 Å². The zero-order valence-electron chi connectivity index (χ0n) is 18.7. The Morgan fingerprint density at radius 3 is 2.69 bits per heavy atom. The van der Waals surface area contributed by atoms with Gasteiger partial charge in [-0.1, -0.05) is 0 Å². The number of rotatable bonds is 5. The molecule has 1 aromatic carbocycles. The second-order valence-electron chi connectivity index (χ2n) is 8.42. The normalized spacial score (nSPS) is 15.9. The monoisotopic (exact) mass is 438 g/mol. The van der Waals surface area contributed by atoms with Crippen LogP contribution in [0.2, 0.25) is 0 Å². The molecule has 3 heterocycles. The molecule has 0 radical (unpaired) electrons. The lowest BCUT2D eigenvalue weighted by Crippen LogP contribution is -2.32. The number of hydrogen-bond donors (Lipinski definition) is 1. The summed E-state index contributed by atoms with van der Waals surface area (Å²) in [5.41, 5.74) is 1.85. The molecule has 1 aliphatic heterocycles. The van der Waals surface area contributed by atoms with E-state index >= 15 is 0 Å². The Morgan fingerprint density at radius 1 is 1.19 bits per heavy atom. The van der Waals surface area contributed by atoms with Gasteiger partial charge in [0.1, 0.15) is 17.3 Å². The summed E-state index contributed by atoms with van der Waals surface area (Å²) < 4.78 is 13.6. The molecule has 1 unspecified atom stereocenters. The van der Waals surface area contributed by atoms with E-state index in [0.717, 1.165) is 24.4 Å². The average molecular weight is 439 g/mol. The Balaban J connectivity index is 1.66. The molecule has 1 saturated heterocycles. The van der Waals surface area contributed by atoms with Gasteiger partial charge in [-0.2, -0.15) is 0 Å². The molecule has 2 aromatic heterocycles. The van der Waals surface area contributed by atoms with E-state index in [9.17, 15) is 14.0 Å². The third kappa shape index (κ3) is 4.28. The summed E-state index contributed by atoms with van der Waals surface area (Å²) in [7, 11) is 5.51. The molecular formula is C23H27FN6O2. The molecule has 32 heavy (non-hydrogen) atoms. The second-order valence-corrected chi connectivity index (χ2v) is 8.42. The van der Waals surface area contributed by atoms with Crippen molar-refractivity contribution in [3.63, 3.8) is 0 Å². The third-order valence-electron chi connectivity index (χ3n) is 5.80. The van der Waals surface area contributed by atoms with Crippen LogP contribution < -0.4 is 4.90 Å². The van der Waals surface area contributed by atoms with Crippen molar-refractivity contribution >= 4 is 28.5 Å². The molecule has 0 spiro atoms. The maximum atomic E-state index is 13.6. The van der Waals surface area contributed by atoms with Gasteiger partial charge < -0.3 is 19.7 Å². The summed E-state index contributed by atoms with van der Waals surface area (Å²) in [5, 5.41) is 0.657. The number of nitrogens with zero attached hydrogens (tertiary/aromatic N) is 5. The van der Waals surface area contributed by atoms with Gasteiger partial charge in [0.2, 0.25) is 5.91 Å². The Hall–Kier alpha value is -3.49. The van der Waals surface area contributed by atoms with Crippen LogP contribution in [-0.2, 0) is 11.3 Å². The lowest BCUT2D eigenvalue weighted by atomic mass is 10.2. The lowest BCUT2D eigenvalue weighted by molar-refractivity contribution is -0.128. The van der Waals surface area contributed by atoms with Crippen LogP contribution in [0.3, 0.4) is 0 Å². The van der Waals surface area contributed by atoms with Crippen LogP contribution in [0, 0.1) is 5.82 Å². The van der Waals surface area contributed by atoms with Crippen LogP contribution in [0.5, 0.6) is 0 Å². The van der Waals surface area contributed by atoms with E-state index in [1.165, 1.54) is 19.1 Å². The number of H-pyrrole nitrogens is 1. The Labute approximate surface area is 186 Å². The minimum absolute atomic E-state index is 0.0514. The molecule has 4 rings (SSSR count). The number of aromatic amines is 1. The van der Waals surface area contributed by atoms with Crippen molar-refractivity contribution in [2.75, 3.05) is 32.6 Å². The Bertz CT molecular complexity index is 1170. The Morgan fingerprint density at radius 2 is 1.97 bits per heavy atom. The van der Waals surface area contributed by atoms with Crippen LogP contribution in [-0.4, -0.2) is 64.3 Å². The van der Waals surface area contributed by atoms with Crippen LogP contribution in [0.25, 0.3) is 10.9 Å². The van der Waals surface area contributed by atoms with Crippen molar-refractivity contribution in [3.05, 3.63) is 53.4 Å². The maximum absolute atomic E-state index is 13.6. The number of benzene rings is 1. The number of fused-ring (bicyclic) bond motifs is 1. The number of carbonyl (C=O) groups is 2. The zero-order chi connectivity index (χ0) is 23.0. The van der Waals surface area contributed by atoms with Crippen LogP contribution in [0.1, 0.15) is 47.8 Å². The number of anilines is 1. The number of aromatic nitrogens is 3. The van der Waals surface area contributed by atoms with Gasteiger partial charge in [-0.15, -0.1) is 0 Å². The second kappa shape index (κ2) is 8.57. The van der Waals surface area contributed by atoms with E-state index in [1.54, 1.807) is 29.0 Å². The van der Waals surface area contributed by atoms with E-state index < -0.39 is 0 Å². The highest BCUT2D eigenvalue weighted by Crippen LogP contribution is 2.33.